The molecule has 4 aromatic carbocycles. The Bertz CT molecular complexity index is 1990. The lowest BCUT2D eigenvalue weighted by Gasteiger charge is -2.27. The zero-order valence-electron chi connectivity index (χ0n) is 25.0. The normalized spacial score (nSPS) is 15.7. The Labute approximate surface area is 254 Å². The van der Waals surface area contributed by atoms with E-state index in [4.69, 9.17) is 4.74 Å². The highest BCUT2D eigenvalue weighted by Crippen LogP contribution is 2.47. The molecule has 8 nitrogen and oxygen atoms in total. The van der Waals surface area contributed by atoms with Crippen LogP contribution in [0.25, 0.3) is 27.4 Å². The summed E-state index contributed by atoms with van der Waals surface area (Å²) in [4.78, 5) is 31.7. The first-order valence-electron chi connectivity index (χ1n) is 14.9. The molecule has 2 aliphatic rings. The molecule has 1 unspecified atom stereocenters. The Hall–Kier alpha value is -4.89. The maximum Gasteiger partial charge on any atom is 0.261 e. The predicted octanol–water partition coefficient (Wildman–Crippen LogP) is 6.60. The first kappa shape index (κ1) is 27.9. The van der Waals surface area contributed by atoms with Gasteiger partial charge in [-0.05, 0) is 74.6 Å². The summed E-state index contributed by atoms with van der Waals surface area (Å²) >= 11 is 0. The number of hydrogen-bond acceptors (Lipinski definition) is 6. The van der Waals surface area contributed by atoms with Crippen LogP contribution in [0.15, 0.2) is 77.7 Å². The van der Waals surface area contributed by atoms with E-state index in [-0.39, 0.29) is 22.4 Å². The molecule has 1 atom stereocenters. The number of amides is 1. The number of carbonyl (C=O) groups excluding carboxylic acids is 1. The van der Waals surface area contributed by atoms with Crippen LogP contribution in [0.4, 0.5) is 21.5 Å². The van der Waals surface area contributed by atoms with Crippen LogP contribution in [-0.4, -0.2) is 55.6 Å². The molecule has 9 heteroatoms. The molecule has 1 aromatic heterocycles. The highest BCUT2D eigenvalue weighted by Gasteiger charge is 2.30. The van der Waals surface area contributed by atoms with E-state index in [0.29, 0.717) is 35.2 Å². The number of anilines is 3. The van der Waals surface area contributed by atoms with Gasteiger partial charge >= 0.3 is 0 Å². The Morgan fingerprint density at radius 3 is 2.59 bits per heavy atom. The summed E-state index contributed by atoms with van der Waals surface area (Å²) in [5, 5.41) is 8.01. The van der Waals surface area contributed by atoms with E-state index in [9.17, 15) is 9.59 Å². The lowest BCUT2D eigenvalue weighted by Crippen LogP contribution is -2.27. The Morgan fingerprint density at radius 2 is 1.84 bits per heavy atom. The summed E-state index contributed by atoms with van der Waals surface area (Å²) in [6.07, 6.45) is 4.68. The molecule has 0 radical (unpaired) electrons. The van der Waals surface area contributed by atoms with Crippen LogP contribution >= 0.6 is 0 Å². The average molecular weight is 592 g/mol. The molecule has 7 rings (SSSR count). The Morgan fingerprint density at radius 1 is 1.05 bits per heavy atom. The molecule has 0 spiro atoms. The van der Waals surface area contributed by atoms with Crippen molar-refractivity contribution in [1.82, 2.24) is 9.47 Å². The number of pyridine rings is 1. The van der Waals surface area contributed by atoms with Gasteiger partial charge in [0.1, 0.15) is 16.8 Å². The minimum atomic E-state index is -0.601. The van der Waals surface area contributed by atoms with Crippen molar-refractivity contribution >= 4 is 44.6 Å². The van der Waals surface area contributed by atoms with Crippen LogP contribution < -0.4 is 25.7 Å². The SMILES string of the molecule is CN(C)c1ccc(NC(=O)c2cn3c4c(c(NCCC5CCCN5C)c(F)cc4c2=O)Oc2c-3ccc3ccccc23)cc1. The number of rotatable bonds is 7. The van der Waals surface area contributed by atoms with Crippen LogP contribution in [0, 0.1) is 5.82 Å². The van der Waals surface area contributed by atoms with Gasteiger partial charge in [0, 0.05) is 49.6 Å². The smallest absolute Gasteiger partial charge is 0.261 e. The van der Waals surface area contributed by atoms with Crippen LogP contribution in [0.5, 0.6) is 11.5 Å². The molecule has 0 bridgehead atoms. The highest BCUT2D eigenvalue weighted by atomic mass is 19.1. The number of carbonyl (C=O) groups is 1. The van der Waals surface area contributed by atoms with Crippen molar-refractivity contribution in [3.8, 4) is 17.2 Å². The van der Waals surface area contributed by atoms with Crippen LogP contribution in [0.2, 0.25) is 0 Å². The van der Waals surface area contributed by atoms with Crippen molar-refractivity contribution in [3.05, 3.63) is 94.5 Å². The monoisotopic (exact) mass is 591 g/mol. The highest BCUT2D eigenvalue weighted by molar-refractivity contribution is 6.07. The van der Waals surface area contributed by atoms with Gasteiger partial charge in [0.15, 0.2) is 17.3 Å². The van der Waals surface area contributed by atoms with Crippen molar-refractivity contribution in [2.45, 2.75) is 25.3 Å². The molecule has 44 heavy (non-hydrogen) atoms. The minimum Gasteiger partial charge on any atom is -0.450 e. The summed E-state index contributed by atoms with van der Waals surface area (Å²) in [6.45, 7) is 1.62. The standard InChI is InChI=1S/C35H34FN5O3/c1-39(2)23-13-11-22(12-14-23)38-35(43)27-20-41-29-15-10-21-7-4-5-9-25(21)33(29)44-34-30(28(36)19-26(31(34)41)32(27)42)37-17-16-24-8-6-18-40(24)3/h4-5,7,9-15,19-20,24,37H,6,8,16-18H2,1-3H3,(H,38,43). The van der Waals surface area contributed by atoms with Gasteiger partial charge in [0.25, 0.3) is 5.91 Å². The van der Waals surface area contributed by atoms with Crippen molar-refractivity contribution in [2.75, 3.05) is 49.8 Å². The summed E-state index contributed by atoms with van der Waals surface area (Å²) < 4.78 is 24.3. The van der Waals surface area contributed by atoms with E-state index in [0.717, 1.165) is 42.3 Å². The average Bonchev–Trinajstić information content (AvgIpc) is 3.43. The van der Waals surface area contributed by atoms with Gasteiger partial charge < -0.3 is 29.7 Å². The van der Waals surface area contributed by atoms with Crippen molar-refractivity contribution in [3.63, 3.8) is 0 Å². The van der Waals surface area contributed by atoms with Crippen LogP contribution in [-0.2, 0) is 0 Å². The molecule has 1 saturated heterocycles. The molecule has 1 fully saturated rings. The third-order valence-corrected chi connectivity index (χ3v) is 8.86. The number of hydrogen-bond donors (Lipinski definition) is 2. The van der Waals surface area contributed by atoms with E-state index in [1.54, 1.807) is 22.9 Å². The fourth-order valence-corrected chi connectivity index (χ4v) is 6.42. The Balaban J connectivity index is 1.35. The zero-order valence-corrected chi connectivity index (χ0v) is 25.0. The molecule has 1 amide bonds. The second-order valence-electron chi connectivity index (χ2n) is 11.8. The van der Waals surface area contributed by atoms with Crippen LogP contribution in [0.3, 0.4) is 0 Å². The lowest BCUT2D eigenvalue weighted by atomic mass is 10.0. The minimum absolute atomic E-state index is 0.0768. The molecule has 224 valence electrons. The predicted molar refractivity (Wildman–Crippen MR) is 175 cm³/mol. The number of nitrogens with zero attached hydrogens (tertiary/aromatic N) is 3. The summed E-state index contributed by atoms with van der Waals surface area (Å²) in [7, 11) is 5.99. The summed E-state index contributed by atoms with van der Waals surface area (Å²) in [5.74, 6) is -0.393. The summed E-state index contributed by atoms with van der Waals surface area (Å²) in [5.41, 5.74) is 2.17. The third kappa shape index (κ3) is 4.73. The second kappa shape index (κ2) is 11.0. The fraction of sp³-hybridized carbons (Fsp3) is 0.257. The molecular weight excluding hydrogens is 557 g/mol. The maximum absolute atomic E-state index is 15.9. The molecule has 0 aliphatic carbocycles. The quantitative estimate of drug-likeness (QED) is 0.218. The molecule has 5 aromatic rings. The molecule has 3 heterocycles. The van der Waals surface area contributed by atoms with E-state index in [1.807, 2.05) is 67.5 Å². The summed E-state index contributed by atoms with van der Waals surface area (Å²) in [6, 6.07) is 20.7. The van der Waals surface area contributed by atoms with E-state index in [2.05, 4.69) is 22.6 Å². The van der Waals surface area contributed by atoms with E-state index in [1.165, 1.54) is 6.07 Å². The van der Waals surface area contributed by atoms with E-state index >= 15 is 4.39 Å². The maximum atomic E-state index is 15.9. The number of halogens is 1. The second-order valence-corrected chi connectivity index (χ2v) is 11.8. The number of nitrogens with one attached hydrogen (secondary N) is 2. The number of ether oxygens (including phenoxy) is 1. The fourth-order valence-electron chi connectivity index (χ4n) is 6.42. The molecular formula is C35H34FN5O3. The van der Waals surface area contributed by atoms with Gasteiger partial charge in [0.2, 0.25) is 5.43 Å². The van der Waals surface area contributed by atoms with Gasteiger partial charge in [0.05, 0.1) is 11.1 Å². The van der Waals surface area contributed by atoms with Crippen molar-refractivity contribution in [2.24, 2.45) is 0 Å². The zero-order chi connectivity index (χ0) is 30.5. The largest absolute Gasteiger partial charge is 0.450 e. The molecule has 0 saturated carbocycles. The van der Waals surface area contributed by atoms with Gasteiger partial charge in [-0.1, -0.05) is 30.3 Å². The number of likely N-dealkylation sites (tertiary alicyclic amines) is 1. The Kier molecular flexibility index (Phi) is 6.97. The molecule has 2 aliphatic heterocycles. The van der Waals surface area contributed by atoms with Crippen molar-refractivity contribution < 1.29 is 13.9 Å². The van der Waals surface area contributed by atoms with Gasteiger partial charge in [-0.15, -0.1) is 0 Å². The van der Waals surface area contributed by atoms with E-state index < -0.39 is 17.2 Å². The first-order valence-corrected chi connectivity index (χ1v) is 14.9. The van der Waals surface area contributed by atoms with Crippen LogP contribution in [0.1, 0.15) is 29.6 Å². The van der Waals surface area contributed by atoms with Gasteiger partial charge in [-0.3, -0.25) is 9.59 Å². The van der Waals surface area contributed by atoms with Gasteiger partial charge in [-0.25, -0.2) is 4.39 Å². The molecule has 2 N–H and O–H groups in total. The number of aromatic nitrogens is 1. The topological polar surface area (TPSA) is 78.8 Å². The van der Waals surface area contributed by atoms with Gasteiger partial charge in [-0.2, -0.15) is 0 Å². The third-order valence-electron chi connectivity index (χ3n) is 8.86. The lowest BCUT2D eigenvalue weighted by molar-refractivity contribution is 0.102. The van der Waals surface area contributed by atoms with Crippen molar-refractivity contribution in [1.29, 1.82) is 0 Å². The number of fused-ring (bicyclic) bond motifs is 4. The number of benzene rings is 4. The first-order chi connectivity index (χ1) is 21.3.